The van der Waals surface area contributed by atoms with Gasteiger partial charge in [-0.2, -0.15) is 0 Å². The molecule has 2 aromatic carbocycles. The quantitative estimate of drug-likeness (QED) is 0.512. The lowest BCUT2D eigenvalue weighted by Crippen LogP contribution is -2.46. The Morgan fingerprint density at radius 2 is 1.88 bits per heavy atom. The van der Waals surface area contributed by atoms with E-state index in [0.717, 1.165) is 10.5 Å². The van der Waals surface area contributed by atoms with E-state index in [9.17, 15) is 4.79 Å². The molecule has 0 atom stereocenters. The maximum Gasteiger partial charge on any atom is 0.329 e. The Balaban J connectivity index is 1.81. The zero-order valence-electron chi connectivity index (χ0n) is 19.3. The number of benzene rings is 2. The van der Waals surface area contributed by atoms with Crippen LogP contribution in [-0.4, -0.2) is 25.2 Å². The zero-order valence-corrected chi connectivity index (χ0v) is 19.3. The van der Waals surface area contributed by atoms with Crippen LogP contribution < -0.4 is 20.3 Å². The highest BCUT2D eigenvalue weighted by atomic mass is 19.1. The number of hydrogen-bond acceptors (Lipinski definition) is 4. The second kappa shape index (κ2) is 9.51. The van der Waals surface area contributed by atoms with Crippen molar-refractivity contribution < 1.29 is 18.3 Å². The maximum absolute atomic E-state index is 15.4. The minimum Gasteiger partial charge on any atom is -0.494 e. The number of aromatic nitrogens is 1. The number of carbonyl (C=O) groups excluding carboxylic acids is 1. The van der Waals surface area contributed by atoms with Crippen molar-refractivity contribution in [3.8, 4) is 5.75 Å². The van der Waals surface area contributed by atoms with Crippen LogP contribution >= 0.6 is 0 Å². The topological polar surface area (TPSA) is 71.7 Å². The van der Waals surface area contributed by atoms with Crippen LogP contribution in [0.15, 0.2) is 42.6 Å². The van der Waals surface area contributed by atoms with Crippen molar-refractivity contribution in [3.63, 3.8) is 0 Å². The average Bonchev–Trinajstić information content (AvgIpc) is 2.84. The lowest BCUT2D eigenvalue weighted by atomic mass is 10.0. The number of pyridine rings is 1. The number of urea groups is 1. The van der Waals surface area contributed by atoms with Crippen LogP contribution in [-0.2, 0) is 13.0 Å². The van der Waals surface area contributed by atoms with Gasteiger partial charge in [0, 0.05) is 24.4 Å². The Hall–Kier alpha value is -3.94. The van der Waals surface area contributed by atoms with Gasteiger partial charge < -0.3 is 10.5 Å². The molecule has 2 amide bonds. The van der Waals surface area contributed by atoms with Gasteiger partial charge in [0.25, 0.3) is 0 Å². The number of amides is 2. The van der Waals surface area contributed by atoms with Crippen LogP contribution in [0.1, 0.15) is 35.6 Å². The number of carbonyl (C=O) groups is 1. The highest BCUT2D eigenvalue weighted by Gasteiger charge is 2.36. The normalized spacial score (nSPS) is 13.5. The van der Waals surface area contributed by atoms with E-state index < -0.39 is 23.4 Å². The number of rotatable bonds is 6. The molecule has 0 fully saturated rings. The predicted molar refractivity (Wildman–Crippen MR) is 131 cm³/mol. The number of ether oxygens (including phenoxy) is 1. The summed E-state index contributed by atoms with van der Waals surface area (Å²) in [7, 11) is 2.86. The Morgan fingerprint density at radius 3 is 2.56 bits per heavy atom. The summed E-state index contributed by atoms with van der Waals surface area (Å²) in [5, 5.41) is 0. The number of anilines is 3. The number of fused-ring (bicyclic) bond motifs is 1. The molecule has 0 spiro atoms. The number of nitrogens with two attached hydrogens (primary N) is 1. The third-order valence-electron chi connectivity index (χ3n) is 5.85. The SMILES string of the molecule is CCCc1cc(OC)c(F)c(N2Cc3cnc(N)c(/C=C/c4ccccc4)c3N(C)C2=O)c1F. The molecule has 3 aromatic rings. The van der Waals surface area contributed by atoms with E-state index >= 15 is 8.78 Å². The molecule has 6 nitrogen and oxygen atoms in total. The minimum atomic E-state index is -0.919. The molecule has 0 bridgehead atoms. The van der Waals surface area contributed by atoms with Crippen molar-refractivity contribution in [2.75, 3.05) is 29.7 Å². The van der Waals surface area contributed by atoms with E-state index in [1.165, 1.54) is 24.3 Å². The fourth-order valence-electron chi connectivity index (χ4n) is 4.17. The highest BCUT2D eigenvalue weighted by molar-refractivity contribution is 6.08. The first-order chi connectivity index (χ1) is 16.4. The second-order valence-corrected chi connectivity index (χ2v) is 8.07. The summed E-state index contributed by atoms with van der Waals surface area (Å²) in [5.41, 5.74) is 8.70. The van der Waals surface area contributed by atoms with Crippen LogP contribution in [0.25, 0.3) is 12.2 Å². The lowest BCUT2D eigenvalue weighted by Gasteiger charge is -2.36. The molecule has 0 unspecified atom stereocenters. The van der Waals surface area contributed by atoms with Gasteiger partial charge in [-0.25, -0.2) is 18.6 Å². The summed E-state index contributed by atoms with van der Waals surface area (Å²) < 4.78 is 35.8. The molecule has 0 saturated heterocycles. The van der Waals surface area contributed by atoms with Gasteiger partial charge in [-0.3, -0.25) is 9.80 Å². The molecule has 1 aliphatic heterocycles. The van der Waals surface area contributed by atoms with Gasteiger partial charge >= 0.3 is 6.03 Å². The van der Waals surface area contributed by atoms with E-state index in [2.05, 4.69) is 4.98 Å². The zero-order chi connectivity index (χ0) is 24.4. The monoisotopic (exact) mass is 464 g/mol. The smallest absolute Gasteiger partial charge is 0.329 e. The van der Waals surface area contributed by atoms with Gasteiger partial charge in [-0.05, 0) is 29.7 Å². The fraction of sp³-hybridized carbons (Fsp3) is 0.231. The van der Waals surface area contributed by atoms with Gasteiger partial charge in [0.15, 0.2) is 17.4 Å². The van der Waals surface area contributed by atoms with Crippen LogP contribution in [0, 0.1) is 11.6 Å². The molecular formula is C26H26F2N4O2. The average molecular weight is 465 g/mol. The third kappa shape index (κ3) is 4.07. The standard InChI is InChI=1S/C26H26F2N4O2/c1-4-8-17-13-20(34-3)22(28)24(21(17)27)32-15-18-14-30-25(29)19(23(18)31(2)26(32)33)12-11-16-9-6-5-7-10-16/h5-7,9-14H,4,8,15H2,1-3H3,(H2,29,30)/b12-11+. The van der Waals surface area contributed by atoms with Gasteiger partial charge in [-0.15, -0.1) is 0 Å². The predicted octanol–water partition coefficient (Wildman–Crippen LogP) is 5.65. The molecule has 176 valence electrons. The molecule has 34 heavy (non-hydrogen) atoms. The summed E-state index contributed by atoms with van der Waals surface area (Å²) in [6.07, 6.45) is 6.24. The van der Waals surface area contributed by atoms with E-state index in [1.54, 1.807) is 13.1 Å². The van der Waals surface area contributed by atoms with E-state index in [1.807, 2.05) is 43.3 Å². The summed E-state index contributed by atoms with van der Waals surface area (Å²) in [6, 6.07) is 10.4. The number of aryl methyl sites for hydroxylation is 1. The van der Waals surface area contributed by atoms with Crippen molar-refractivity contribution >= 4 is 35.4 Å². The third-order valence-corrected chi connectivity index (χ3v) is 5.85. The van der Waals surface area contributed by atoms with Gasteiger partial charge in [-0.1, -0.05) is 49.8 Å². The number of methoxy groups -OCH3 is 1. The summed E-state index contributed by atoms with van der Waals surface area (Å²) in [6.45, 7) is 1.83. The second-order valence-electron chi connectivity index (χ2n) is 8.07. The lowest BCUT2D eigenvalue weighted by molar-refractivity contribution is 0.250. The first kappa shape index (κ1) is 23.2. The fourth-order valence-corrected chi connectivity index (χ4v) is 4.17. The van der Waals surface area contributed by atoms with Gasteiger partial charge in [0.1, 0.15) is 11.5 Å². The number of nitrogens with zero attached hydrogens (tertiary/aromatic N) is 3. The molecule has 2 N–H and O–H groups in total. The maximum atomic E-state index is 15.4. The van der Waals surface area contributed by atoms with Crippen molar-refractivity contribution in [2.24, 2.45) is 0 Å². The van der Waals surface area contributed by atoms with Crippen molar-refractivity contribution in [2.45, 2.75) is 26.3 Å². The Morgan fingerprint density at radius 1 is 1.15 bits per heavy atom. The molecule has 0 saturated carbocycles. The molecule has 8 heteroatoms. The molecule has 0 aliphatic carbocycles. The van der Waals surface area contributed by atoms with Crippen molar-refractivity contribution in [1.82, 2.24) is 4.98 Å². The molecular weight excluding hydrogens is 438 g/mol. The first-order valence-electron chi connectivity index (χ1n) is 11.0. The van der Waals surface area contributed by atoms with Crippen molar-refractivity contribution in [3.05, 3.63) is 76.5 Å². The van der Waals surface area contributed by atoms with Crippen LogP contribution in [0.2, 0.25) is 0 Å². The van der Waals surface area contributed by atoms with Crippen molar-refractivity contribution in [1.29, 1.82) is 0 Å². The molecule has 4 rings (SSSR count). The molecule has 2 heterocycles. The molecule has 1 aliphatic rings. The first-order valence-corrected chi connectivity index (χ1v) is 11.0. The highest BCUT2D eigenvalue weighted by Crippen LogP contribution is 2.40. The van der Waals surface area contributed by atoms with E-state index in [-0.39, 0.29) is 18.1 Å². The van der Waals surface area contributed by atoms with Crippen LogP contribution in [0.4, 0.5) is 30.8 Å². The van der Waals surface area contributed by atoms with Gasteiger partial charge in [0.05, 0.1) is 19.3 Å². The summed E-state index contributed by atoms with van der Waals surface area (Å²) in [4.78, 5) is 20.1. The Bertz CT molecular complexity index is 1260. The number of hydrogen-bond donors (Lipinski definition) is 1. The number of halogens is 2. The summed E-state index contributed by atoms with van der Waals surface area (Å²) >= 11 is 0. The number of nitrogen functional groups attached to an aromatic ring is 1. The Kier molecular flexibility index (Phi) is 6.49. The molecule has 0 radical (unpaired) electrons. The minimum absolute atomic E-state index is 0.0649. The van der Waals surface area contributed by atoms with E-state index in [4.69, 9.17) is 10.5 Å². The molecule has 1 aromatic heterocycles. The Labute approximate surface area is 197 Å². The van der Waals surface area contributed by atoms with Gasteiger partial charge in [0.2, 0.25) is 0 Å². The summed E-state index contributed by atoms with van der Waals surface area (Å²) in [5.74, 6) is -1.54. The van der Waals surface area contributed by atoms with Crippen LogP contribution in [0.5, 0.6) is 5.75 Å². The van der Waals surface area contributed by atoms with E-state index in [0.29, 0.717) is 35.2 Å². The largest absolute Gasteiger partial charge is 0.494 e. The van der Waals surface area contributed by atoms with Crippen LogP contribution in [0.3, 0.4) is 0 Å².